The van der Waals surface area contributed by atoms with Gasteiger partial charge in [-0.3, -0.25) is 14.5 Å². The van der Waals surface area contributed by atoms with Crippen LogP contribution >= 0.6 is 0 Å². The van der Waals surface area contributed by atoms with E-state index in [4.69, 9.17) is 0 Å². The summed E-state index contributed by atoms with van der Waals surface area (Å²) in [4.78, 5) is 31.5. The Hall–Kier alpha value is -2.86. The Labute approximate surface area is 184 Å². The summed E-state index contributed by atoms with van der Waals surface area (Å²) in [5.41, 5.74) is 2.49. The Morgan fingerprint density at radius 1 is 0.903 bits per heavy atom. The van der Waals surface area contributed by atoms with Crippen LogP contribution in [0.25, 0.3) is 0 Å². The first-order valence-corrected chi connectivity index (χ1v) is 11.3. The highest BCUT2D eigenvalue weighted by molar-refractivity contribution is 5.89. The lowest BCUT2D eigenvalue weighted by atomic mass is 10.1. The first kappa shape index (κ1) is 21.4. The molecular formula is C25H32N4O2. The molecule has 2 aromatic carbocycles. The Morgan fingerprint density at radius 3 is 2.29 bits per heavy atom. The highest BCUT2D eigenvalue weighted by Gasteiger charge is 2.33. The van der Waals surface area contributed by atoms with Crippen LogP contribution in [0.2, 0.25) is 0 Å². The maximum absolute atomic E-state index is 12.6. The van der Waals surface area contributed by atoms with Crippen molar-refractivity contribution in [2.45, 2.75) is 12.8 Å². The molecule has 6 nitrogen and oxygen atoms in total. The van der Waals surface area contributed by atoms with Crippen molar-refractivity contribution in [1.82, 2.24) is 15.1 Å². The van der Waals surface area contributed by atoms with Gasteiger partial charge in [0.2, 0.25) is 11.8 Å². The number of para-hydroxylation sites is 1. The third kappa shape index (κ3) is 5.85. The molecule has 0 aromatic heterocycles. The molecule has 0 saturated carbocycles. The summed E-state index contributed by atoms with van der Waals surface area (Å²) in [5.74, 6) is -0.121. The van der Waals surface area contributed by atoms with Crippen molar-refractivity contribution in [1.29, 1.82) is 0 Å². The van der Waals surface area contributed by atoms with Gasteiger partial charge in [0.05, 0.1) is 5.92 Å². The lowest BCUT2D eigenvalue weighted by molar-refractivity contribution is -0.129. The molecule has 164 valence electrons. The maximum Gasteiger partial charge on any atom is 0.225 e. The van der Waals surface area contributed by atoms with Gasteiger partial charge in [-0.1, -0.05) is 48.5 Å². The van der Waals surface area contributed by atoms with Gasteiger partial charge in [0.25, 0.3) is 0 Å². The Kier molecular flexibility index (Phi) is 7.20. The van der Waals surface area contributed by atoms with Crippen molar-refractivity contribution < 1.29 is 9.59 Å². The molecule has 2 heterocycles. The van der Waals surface area contributed by atoms with Crippen LogP contribution in [-0.4, -0.2) is 74.0 Å². The maximum atomic E-state index is 12.6. The highest BCUT2D eigenvalue weighted by atomic mass is 16.2. The van der Waals surface area contributed by atoms with Gasteiger partial charge in [-0.15, -0.1) is 0 Å². The summed E-state index contributed by atoms with van der Waals surface area (Å²) in [7, 11) is 0. The molecule has 2 aliphatic rings. The van der Waals surface area contributed by atoms with Crippen LogP contribution in [0, 0.1) is 5.92 Å². The Morgan fingerprint density at radius 2 is 1.58 bits per heavy atom. The first-order chi connectivity index (χ1) is 15.2. The SMILES string of the molecule is O=C(NCCN1CCN(c2ccccc2)CC1)C1CC(=O)N(CCc2ccccc2)C1. The number of benzene rings is 2. The smallest absolute Gasteiger partial charge is 0.225 e. The summed E-state index contributed by atoms with van der Waals surface area (Å²) in [6.45, 7) is 6.72. The third-order valence-electron chi connectivity index (χ3n) is 6.32. The molecule has 0 bridgehead atoms. The van der Waals surface area contributed by atoms with Crippen molar-refractivity contribution >= 4 is 17.5 Å². The van der Waals surface area contributed by atoms with Crippen LogP contribution in [0.1, 0.15) is 12.0 Å². The molecule has 2 aromatic rings. The van der Waals surface area contributed by atoms with Crippen molar-refractivity contribution in [3.63, 3.8) is 0 Å². The molecule has 0 spiro atoms. The number of amides is 2. The number of hydrogen-bond donors (Lipinski definition) is 1. The molecular weight excluding hydrogens is 388 g/mol. The Balaban J connectivity index is 1.14. The van der Waals surface area contributed by atoms with Gasteiger partial charge >= 0.3 is 0 Å². The molecule has 31 heavy (non-hydrogen) atoms. The summed E-state index contributed by atoms with van der Waals surface area (Å²) >= 11 is 0. The number of carbonyl (C=O) groups excluding carboxylic acids is 2. The summed E-state index contributed by atoms with van der Waals surface area (Å²) in [6.07, 6.45) is 1.16. The molecule has 1 N–H and O–H groups in total. The first-order valence-electron chi connectivity index (χ1n) is 11.3. The van der Waals surface area contributed by atoms with E-state index in [1.807, 2.05) is 29.2 Å². The zero-order valence-corrected chi connectivity index (χ0v) is 18.1. The van der Waals surface area contributed by atoms with Crippen LogP contribution in [-0.2, 0) is 16.0 Å². The van der Waals surface area contributed by atoms with Gasteiger partial charge in [-0.25, -0.2) is 0 Å². The zero-order chi connectivity index (χ0) is 21.5. The molecule has 0 aliphatic carbocycles. The van der Waals surface area contributed by atoms with Crippen molar-refractivity contribution in [3.05, 3.63) is 66.2 Å². The van der Waals surface area contributed by atoms with Gasteiger partial charge in [0, 0.05) is 64.5 Å². The standard InChI is InChI=1S/C25H32N4O2/c30-24-19-22(20-29(24)13-11-21-7-3-1-4-8-21)25(31)26-12-14-27-15-17-28(18-16-27)23-9-5-2-6-10-23/h1-10,22H,11-20H2,(H,26,31). The molecule has 1 atom stereocenters. The number of hydrogen-bond acceptors (Lipinski definition) is 4. The predicted octanol–water partition coefficient (Wildman–Crippen LogP) is 2.02. The number of carbonyl (C=O) groups is 2. The van der Waals surface area contributed by atoms with E-state index in [1.54, 1.807) is 0 Å². The minimum atomic E-state index is -0.224. The van der Waals surface area contributed by atoms with E-state index in [1.165, 1.54) is 11.3 Å². The monoisotopic (exact) mass is 420 g/mol. The summed E-state index contributed by atoms with van der Waals surface area (Å²) in [6, 6.07) is 20.7. The zero-order valence-electron chi connectivity index (χ0n) is 18.1. The normalized spacial score (nSPS) is 19.6. The number of nitrogens with zero attached hydrogens (tertiary/aromatic N) is 3. The van der Waals surface area contributed by atoms with Crippen molar-refractivity contribution in [3.8, 4) is 0 Å². The average molecular weight is 421 g/mol. The van der Waals surface area contributed by atoms with E-state index in [9.17, 15) is 9.59 Å². The second-order valence-electron chi connectivity index (χ2n) is 8.43. The number of nitrogens with one attached hydrogen (secondary N) is 1. The van der Waals surface area contributed by atoms with Crippen LogP contribution in [0.4, 0.5) is 5.69 Å². The van der Waals surface area contributed by atoms with E-state index in [-0.39, 0.29) is 17.7 Å². The largest absolute Gasteiger partial charge is 0.369 e. The van der Waals surface area contributed by atoms with Gasteiger partial charge in [-0.2, -0.15) is 0 Å². The van der Waals surface area contributed by atoms with Gasteiger partial charge in [0.1, 0.15) is 0 Å². The van der Waals surface area contributed by atoms with E-state index in [0.717, 1.165) is 39.1 Å². The van der Waals surface area contributed by atoms with E-state index in [0.29, 0.717) is 26.1 Å². The van der Waals surface area contributed by atoms with Crippen molar-refractivity contribution in [2.75, 3.05) is 57.3 Å². The van der Waals surface area contributed by atoms with E-state index < -0.39 is 0 Å². The van der Waals surface area contributed by atoms with Crippen LogP contribution in [0.15, 0.2) is 60.7 Å². The van der Waals surface area contributed by atoms with Gasteiger partial charge < -0.3 is 15.1 Å². The van der Waals surface area contributed by atoms with E-state index >= 15 is 0 Å². The third-order valence-corrected chi connectivity index (χ3v) is 6.32. The second kappa shape index (κ2) is 10.4. The molecule has 2 saturated heterocycles. The van der Waals surface area contributed by atoms with Crippen LogP contribution < -0.4 is 10.2 Å². The molecule has 2 amide bonds. The molecule has 1 unspecified atom stereocenters. The lowest BCUT2D eigenvalue weighted by Gasteiger charge is -2.36. The summed E-state index contributed by atoms with van der Waals surface area (Å²) in [5, 5.41) is 3.06. The molecule has 0 radical (unpaired) electrons. The Bertz CT molecular complexity index is 850. The number of anilines is 1. The summed E-state index contributed by atoms with van der Waals surface area (Å²) < 4.78 is 0. The van der Waals surface area contributed by atoms with Gasteiger partial charge in [-0.05, 0) is 24.1 Å². The van der Waals surface area contributed by atoms with Crippen LogP contribution in [0.3, 0.4) is 0 Å². The molecule has 6 heteroatoms. The minimum absolute atomic E-state index is 0.0125. The van der Waals surface area contributed by atoms with Gasteiger partial charge in [0.15, 0.2) is 0 Å². The average Bonchev–Trinajstić information content (AvgIpc) is 3.20. The molecule has 2 fully saturated rings. The predicted molar refractivity (Wildman–Crippen MR) is 123 cm³/mol. The second-order valence-corrected chi connectivity index (χ2v) is 8.43. The lowest BCUT2D eigenvalue weighted by Crippen LogP contribution is -2.48. The highest BCUT2D eigenvalue weighted by Crippen LogP contribution is 2.19. The quantitative estimate of drug-likeness (QED) is 0.710. The minimum Gasteiger partial charge on any atom is -0.369 e. The number of likely N-dealkylation sites (tertiary alicyclic amines) is 1. The number of piperazine rings is 1. The number of rotatable bonds is 8. The van der Waals surface area contributed by atoms with Crippen molar-refractivity contribution in [2.24, 2.45) is 5.92 Å². The molecule has 4 rings (SSSR count). The van der Waals surface area contributed by atoms with Crippen LogP contribution in [0.5, 0.6) is 0 Å². The fourth-order valence-electron chi connectivity index (χ4n) is 4.42. The molecule has 2 aliphatic heterocycles. The topological polar surface area (TPSA) is 55.9 Å². The fourth-order valence-corrected chi connectivity index (χ4v) is 4.42. The van der Waals surface area contributed by atoms with E-state index in [2.05, 4.69) is 51.5 Å². The fraction of sp³-hybridized carbons (Fsp3) is 0.440.